The van der Waals surface area contributed by atoms with Crippen molar-refractivity contribution >= 4 is 11.7 Å². The summed E-state index contributed by atoms with van der Waals surface area (Å²) in [6, 6.07) is 19.8. The molecule has 6 heteroatoms. The molecule has 4 nitrogen and oxygen atoms in total. The second-order valence-corrected chi connectivity index (χ2v) is 8.41. The molecule has 0 fully saturated rings. The number of hydrogen-bond acceptors (Lipinski definition) is 1. The summed E-state index contributed by atoms with van der Waals surface area (Å²) in [5.74, 6) is -1.36. The van der Waals surface area contributed by atoms with Crippen LogP contribution in [0.3, 0.4) is 0 Å². The molecule has 3 aromatic carbocycles. The van der Waals surface area contributed by atoms with Crippen LogP contribution in [0.2, 0.25) is 0 Å². The fourth-order valence-electron chi connectivity index (χ4n) is 4.48. The zero-order valence-corrected chi connectivity index (χ0v) is 18.3. The van der Waals surface area contributed by atoms with Crippen molar-refractivity contribution in [2.75, 3.05) is 5.32 Å². The molecule has 1 aliphatic rings. The Hall–Kier alpha value is -3.93. The summed E-state index contributed by atoms with van der Waals surface area (Å²) in [6.45, 7) is 4.16. The smallest absolute Gasteiger partial charge is 0.318 e. The van der Waals surface area contributed by atoms with Crippen molar-refractivity contribution in [3.63, 3.8) is 0 Å². The number of aromatic nitrogens is 1. The minimum Gasteiger partial charge on any atom is -0.318 e. The first kappa shape index (κ1) is 20.9. The Morgan fingerprint density at radius 3 is 2.48 bits per heavy atom. The number of rotatable bonds is 2. The second-order valence-electron chi connectivity index (χ2n) is 8.41. The number of hydrogen-bond donors (Lipinski definition) is 1. The van der Waals surface area contributed by atoms with Crippen molar-refractivity contribution < 1.29 is 13.6 Å². The highest BCUT2D eigenvalue weighted by Gasteiger charge is 2.33. The number of benzene rings is 3. The van der Waals surface area contributed by atoms with Crippen molar-refractivity contribution in [1.82, 2.24) is 9.47 Å². The summed E-state index contributed by atoms with van der Waals surface area (Å²) < 4.78 is 30.5. The molecule has 0 saturated heterocycles. The molecule has 1 N–H and O–H groups in total. The first-order valence-corrected chi connectivity index (χ1v) is 10.8. The molecule has 33 heavy (non-hydrogen) atoms. The van der Waals surface area contributed by atoms with Gasteiger partial charge in [0, 0.05) is 23.6 Å². The van der Waals surface area contributed by atoms with Crippen LogP contribution in [0.15, 0.2) is 79.0 Å². The molecule has 0 spiro atoms. The molecule has 0 saturated carbocycles. The van der Waals surface area contributed by atoms with E-state index in [-0.39, 0.29) is 12.6 Å². The van der Waals surface area contributed by atoms with Crippen LogP contribution in [-0.4, -0.2) is 15.5 Å². The first-order chi connectivity index (χ1) is 15.9. The molecule has 0 aliphatic carbocycles. The Bertz CT molecular complexity index is 1340. The predicted octanol–water partition coefficient (Wildman–Crippen LogP) is 6.51. The van der Waals surface area contributed by atoms with Crippen molar-refractivity contribution in [3.8, 4) is 5.69 Å². The third-order valence-electron chi connectivity index (χ3n) is 6.06. The van der Waals surface area contributed by atoms with Gasteiger partial charge in [-0.05, 0) is 72.5 Å². The van der Waals surface area contributed by atoms with Gasteiger partial charge >= 0.3 is 6.03 Å². The number of fused-ring (bicyclic) bond motifs is 3. The Morgan fingerprint density at radius 1 is 0.939 bits per heavy atom. The van der Waals surface area contributed by atoms with E-state index in [1.807, 2.05) is 79.2 Å². The van der Waals surface area contributed by atoms with Crippen LogP contribution in [0.1, 0.15) is 34.0 Å². The number of aryl methyl sites for hydroxylation is 2. The van der Waals surface area contributed by atoms with E-state index in [2.05, 4.69) is 5.32 Å². The Balaban J connectivity index is 1.66. The number of carbonyl (C=O) groups excluding carboxylic acids is 1. The number of halogens is 2. The summed E-state index contributed by atoms with van der Waals surface area (Å²) in [7, 11) is 0. The normalized spacial score (nSPS) is 14.9. The summed E-state index contributed by atoms with van der Waals surface area (Å²) in [6.07, 6.45) is 1.91. The van der Waals surface area contributed by atoms with Gasteiger partial charge in [-0.1, -0.05) is 30.3 Å². The largest absolute Gasteiger partial charge is 0.322 e. The first-order valence-electron chi connectivity index (χ1n) is 10.8. The highest BCUT2D eigenvalue weighted by Crippen LogP contribution is 2.37. The molecule has 0 bridgehead atoms. The molecule has 0 radical (unpaired) electrons. The van der Waals surface area contributed by atoms with Gasteiger partial charge in [-0.25, -0.2) is 13.6 Å². The lowest BCUT2D eigenvalue weighted by molar-refractivity contribution is 0.194. The zero-order chi connectivity index (χ0) is 23.1. The van der Waals surface area contributed by atoms with Gasteiger partial charge in [-0.3, -0.25) is 0 Å². The van der Waals surface area contributed by atoms with Gasteiger partial charge in [0.15, 0.2) is 0 Å². The Labute approximate surface area is 191 Å². The topological polar surface area (TPSA) is 37.3 Å². The second kappa shape index (κ2) is 8.20. The molecule has 1 aliphatic heterocycles. The maximum atomic E-state index is 14.3. The van der Waals surface area contributed by atoms with E-state index in [1.54, 1.807) is 4.90 Å². The molecular weight excluding hydrogens is 420 g/mol. The quantitative estimate of drug-likeness (QED) is 0.377. The minimum absolute atomic E-state index is 0.275. The number of nitrogens with one attached hydrogen (secondary N) is 1. The van der Waals surface area contributed by atoms with Crippen LogP contribution >= 0.6 is 0 Å². The Morgan fingerprint density at radius 2 is 1.70 bits per heavy atom. The Kier molecular flexibility index (Phi) is 5.21. The molecule has 0 unspecified atom stereocenters. The minimum atomic E-state index is -0.692. The third kappa shape index (κ3) is 3.89. The van der Waals surface area contributed by atoms with Gasteiger partial charge in [-0.15, -0.1) is 0 Å². The molecule has 166 valence electrons. The molecule has 2 heterocycles. The molecular formula is C27H23F2N3O. The summed E-state index contributed by atoms with van der Waals surface area (Å²) >= 11 is 0. The van der Waals surface area contributed by atoms with Crippen LogP contribution in [-0.2, 0) is 6.54 Å². The van der Waals surface area contributed by atoms with Crippen molar-refractivity contribution in [2.45, 2.75) is 26.4 Å². The molecule has 5 rings (SSSR count). The maximum Gasteiger partial charge on any atom is 0.322 e. The molecule has 1 aromatic heterocycles. The SMILES string of the molecule is Cc1ccc(C)c(NC(=O)N2Cc3ccccc3-n3cccc3[C@@H]2c2cc(F)cc(F)c2)c1. The zero-order valence-electron chi connectivity index (χ0n) is 18.3. The van der Waals surface area contributed by atoms with Crippen LogP contribution in [0, 0.1) is 25.5 Å². The number of urea groups is 1. The number of carbonyl (C=O) groups is 1. The lowest BCUT2D eigenvalue weighted by atomic mass is 10.0. The van der Waals surface area contributed by atoms with Gasteiger partial charge < -0.3 is 14.8 Å². The summed E-state index contributed by atoms with van der Waals surface area (Å²) in [4.78, 5) is 15.3. The van der Waals surface area contributed by atoms with E-state index in [9.17, 15) is 13.6 Å². The average molecular weight is 443 g/mol. The van der Waals surface area contributed by atoms with Crippen LogP contribution in [0.5, 0.6) is 0 Å². The molecule has 2 amide bonds. The van der Waals surface area contributed by atoms with Gasteiger partial charge in [0.05, 0.1) is 18.3 Å². The van der Waals surface area contributed by atoms with Crippen molar-refractivity contribution in [1.29, 1.82) is 0 Å². The third-order valence-corrected chi connectivity index (χ3v) is 6.06. The van der Waals surface area contributed by atoms with E-state index in [0.29, 0.717) is 11.3 Å². The van der Waals surface area contributed by atoms with Gasteiger partial charge in [0.1, 0.15) is 11.6 Å². The lowest BCUT2D eigenvalue weighted by Gasteiger charge is -2.31. The highest BCUT2D eigenvalue weighted by molar-refractivity contribution is 5.91. The number of nitrogens with zero attached hydrogens (tertiary/aromatic N) is 2. The number of anilines is 1. The summed E-state index contributed by atoms with van der Waals surface area (Å²) in [5, 5.41) is 3.02. The van der Waals surface area contributed by atoms with Crippen LogP contribution < -0.4 is 5.32 Å². The van der Waals surface area contributed by atoms with E-state index in [4.69, 9.17) is 0 Å². The lowest BCUT2D eigenvalue weighted by Crippen LogP contribution is -2.38. The maximum absolute atomic E-state index is 14.3. The number of amides is 2. The predicted molar refractivity (Wildman–Crippen MR) is 124 cm³/mol. The standard InChI is InChI=1S/C27H23F2N3O/c1-17-9-10-18(2)23(12-17)30-27(33)32-16-19-6-3-4-7-24(19)31-11-5-8-25(31)26(32)20-13-21(28)15-22(29)14-20/h3-15,26H,16H2,1-2H3,(H,30,33)/t26-/m0/s1. The van der Waals surface area contributed by atoms with Crippen LogP contribution in [0.25, 0.3) is 5.69 Å². The summed E-state index contributed by atoms with van der Waals surface area (Å²) in [5.41, 5.74) is 5.65. The highest BCUT2D eigenvalue weighted by atomic mass is 19.1. The van der Waals surface area contributed by atoms with E-state index >= 15 is 0 Å². The van der Waals surface area contributed by atoms with Gasteiger partial charge in [-0.2, -0.15) is 0 Å². The van der Waals surface area contributed by atoms with Gasteiger partial charge in [0.2, 0.25) is 0 Å². The van der Waals surface area contributed by atoms with E-state index < -0.39 is 17.7 Å². The van der Waals surface area contributed by atoms with E-state index in [1.165, 1.54) is 12.1 Å². The van der Waals surface area contributed by atoms with E-state index in [0.717, 1.165) is 34.1 Å². The molecule has 1 atom stereocenters. The number of para-hydroxylation sites is 1. The van der Waals surface area contributed by atoms with Crippen molar-refractivity contribution in [3.05, 3.63) is 119 Å². The fraction of sp³-hybridized carbons (Fsp3) is 0.148. The van der Waals surface area contributed by atoms with Crippen molar-refractivity contribution in [2.24, 2.45) is 0 Å². The van der Waals surface area contributed by atoms with Crippen LogP contribution in [0.4, 0.5) is 19.3 Å². The fourth-order valence-corrected chi connectivity index (χ4v) is 4.48. The van der Waals surface area contributed by atoms with Gasteiger partial charge in [0.25, 0.3) is 0 Å². The monoisotopic (exact) mass is 443 g/mol. The molecule has 4 aromatic rings. The average Bonchev–Trinajstić information content (AvgIpc) is 3.19.